The molecule has 1 aromatic rings. The Balaban J connectivity index is 1.61. The molecule has 2 fully saturated rings. The van der Waals surface area contributed by atoms with E-state index in [4.69, 9.17) is 4.74 Å². The van der Waals surface area contributed by atoms with Crippen LogP contribution in [0.3, 0.4) is 0 Å². The van der Waals surface area contributed by atoms with Gasteiger partial charge in [-0.1, -0.05) is 6.92 Å². The van der Waals surface area contributed by atoms with Crippen LogP contribution in [0.25, 0.3) is 0 Å². The van der Waals surface area contributed by atoms with Gasteiger partial charge in [-0.2, -0.15) is 4.31 Å². The molecular formula is C17H27N3O3S. The first-order valence-electron chi connectivity index (χ1n) is 8.79. The molecule has 7 heteroatoms. The minimum absolute atomic E-state index is 0.349. The number of nitrogens with zero attached hydrogens (tertiary/aromatic N) is 2. The van der Waals surface area contributed by atoms with E-state index in [9.17, 15) is 8.42 Å². The second-order valence-electron chi connectivity index (χ2n) is 6.41. The van der Waals surface area contributed by atoms with Crippen LogP contribution in [0.4, 0.5) is 0 Å². The van der Waals surface area contributed by atoms with Gasteiger partial charge < -0.3 is 10.1 Å². The number of hydrogen-bond donors (Lipinski definition) is 1. The number of rotatable bonds is 6. The van der Waals surface area contributed by atoms with Gasteiger partial charge in [-0.25, -0.2) is 8.42 Å². The lowest BCUT2D eigenvalue weighted by molar-refractivity contribution is 0.145. The standard InChI is InChI=1S/C17H27N3O3S/c1-2-13-23-16-3-5-17(6-4-16)24(21,22)20-11-9-19(10-12-20)15-7-8-18-14-15/h3-6,15,18H,2,7-14H2,1H3. The number of nitrogens with one attached hydrogen (secondary N) is 1. The monoisotopic (exact) mass is 353 g/mol. The van der Waals surface area contributed by atoms with Crippen molar-refractivity contribution in [2.75, 3.05) is 45.9 Å². The van der Waals surface area contributed by atoms with Crippen LogP contribution < -0.4 is 10.1 Å². The maximum atomic E-state index is 12.8. The predicted molar refractivity (Wildman–Crippen MR) is 93.8 cm³/mol. The normalized spacial score (nSPS) is 23.5. The maximum Gasteiger partial charge on any atom is 0.243 e. The van der Waals surface area contributed by atoms with Crippen LogP contribution in [0.2, 0.25) is 0 Å². The summed E-state index contributed by atoms with van der Waals surface area (Å²) in [5.74, 6) is 0.717. The van der Waals surface area contributed by atoms with Gasteiger partial charge in [0.05, 0.1) is 11.5 Å². The zero-order valence-electron chi connectivity index (χ0n) is 14.3. The molecule has 3 rings (SSSR count). The third kappa shape index (κ3) is 3.91. The first-order valence-corrected chi connectivity index (χ1v) is 10.2. The molecule has 2 aliphatic heterocycles. The van der Waals surface area contributed by atoms with Crippen molar-refractivity contribution in [2.24, 2.45) is 0 Å². The van der Waals surface area contributed by atoms with E-state index in [1.165, 1.54) is 0 Å². The fourth-order valence-corrected chi connectivity index (χ4v) is 4.76. The van der Waals surface area contributed by atoms with Gasteiger partial charge in [0, 0.05) is 38.8 Å². The Morgan fingerprint density at radius 3 is 2.46 bits per heavy atom. The Morgan fingerprint density at radius 2 is 1.88 bits per heavy atom. The number of hydrogen-bond acceptors (Lipinski definition) is 5. The van der Waals surface area contributed by atoms with E-state index in [0.29, 0.717) is 36.4 Å². The van der Waals surface area contributed by atoms with E-state index in [1.807, 2.05) is 6.92 Å². The zero-order chi connectivity index (χ0) is 17.0. The lowest BCUT2D eigenvalue weighted by Gasteiger charge is -2.37. The van der Waals surface area contributed by atoms with Crippen LogP contribution in [0, 0.1) is 0 Å². The van der Waals surface area contributed by atoms with Crippen LogP contribution in [0.15, 0.2) is 29.2 Å². The summed E-state index contributed by atoms with van der Waals surface area (Å²) in [6.07, 6.45) is 2.09. The van der Waals surface area contributed by atoms with Crippen LogP contribution in [-0.2, 0) is 10.0 Å². The van der Waals surface area contributed by atoms with Crippen molar-refractivity contribution in [3.05, 3.63) is 24.3 Å². The fraction of sp³-hybridized carbons (Fsp3) is 0.647. The van der Waals surface area contributed by atoms with Crippen molar-refractivity contribution in [3.63, 3.8) is 0 Å². The van der Waals surface area contributed by atoms with Gasteiger partial charge >= 0.3 is 0 Å². The molecule has 1 unspecified atom stereocenters. The average molecular weight is 353 g/mol. The molecule has 1 N–H and O–H groups in total. The third-order valence-corrected chi connectivity index (χ3v) is 6.67. The van der Waals surface area contributed by atoms with Gasteiger partial charge in [-0.15, -0.1) is 0 Å². The average Bonchev–Trinajstić information content (AvgIpc) is 3.15. The van der Waals surface area contributed by atoms with Gasteiger partial charge in [0.25, 0.3) is 0 Å². The highest BCUT2D eigenvalue weighted by molar-refractivity contribution is 7.89. The second kappa shape index (κ2) is 7.82. The molecule has 0 amide bonds. The fourth-order valence-electron chi connectivity index (χ4n) is 3.34. The van der Waals surface area contributed by atoms with Crippen LogP contribution in [0.5, 0.6) is 5.75 Å². The number of piperazine rings is 1. The third-order valence-electron chi connectivity index (χ3n) is 4.76. The summed E-state index contributed by atoms with van der Waals surface area (Å²) < 4.78 is 32.7. The summed E-state index contributed by atoms with van der Waals surface area (Å²) in [5.41, 5.74) is 0. The molecule has 0 saturated carbocycles. The molecule has 2 heterocycles. The molecule has 2 saturated heterocycles. The summed E-state index contributed by atoms with van der Waals surface area (Å²) in [6.45, 7) is 7.51. The lowest BCUT2D eigenvalue weighted by Crippen LogP contribution is -2.52. The smallest absolute Gasteiger partial charge is 0.243 e. The Hall–Kier alpha value is -1.15. The molecule has 1 atom stereocenters. The zero-order valence-corrected chi connectivity index (χ0v) is 15.1. The Bertz CT molecular complexity index is 619. The quantitative estimate of drug-likeness (QED) is 0.831. The predicted octanol–water partition coefficient (Wildman–Crippen LogP) is 1.14. The van der Waals surface area contributed by atoms with Gasteiger partial charge in [-0.05, 0) is 43.7 Å². The van der Waals surface area contributed by atoms with Crippen molar-refractivity contribution in [3.8, 4) is 5.75 Å². The summed E-state index contributed by atoms with van der Waals surface area (Å²) >= 11 is 0. The summed E-state index contributed by atoms with van der Waals surface area (Å²) in [7, 11) is -3.41. The molecule has 0 radical (unpaired) electrons. The second-order valence-corrected chi connectivity index (χ2v) is 8.34. The highest BCUT2D eigenvalue weighted by Gasteiger charge is 2.31. The topological polar surface area (TPSA) is 61.9 Å². The number of sulfonamides is 1. The van der Waals surface area contributed by atoms with Gasteiger partial charge in [0.2, 0.25) is 10.0 Å². The Morgan fingerprint density at radius 1 is 1.17 bits per heavy atom. The molecular weight excluding hydrogens is 326 g/mol. The molecule has 0 spiro atoms. The van der Waals surface area contributed by atoms with E-state index in [2.05, 4.69) is 10.2 Å². The van der Waals surface area contributed by atoms with E-state index in [1.54, 1.807) is 28.6 Å². The first kappa shape index (κ1) is 17.7. The van der Waals surface area contributed by atoms with Crippen molar-refractivity contribution < 1.29 is 13.2 Å². The lowest BCUT2D eigenvalue weighted by atomic mass is 10.2. The highest BCUT2D eigenvalue weighted by atomic mass is 32.2. The van der Waals surface area contributed by atoms with E-state index in [-0.39, 0.29) is 0 Å². The van der Waals surface area contributed by atoms with Crippen molar-refractivity contribution >= 4 is 10.0 Å². The van der Waals surface area contributed by atoms with Gasteiger partial charge in [0.15, 0.2) is 0 Å². The summed E-state index contributed by atoms with van der Waals surface area (Å²) in [5, 5.41) is 3.37. The SMILES string of the molecule is CCCOc1ccc(S(=O)(=O)N2CCN(C3CCNC3)CC2)cc1. The molecule has 6 nitrogen and oxygen atoms in total. The Labute approximate surface area is 144 Å². The first-order chi connectivity index (χ1) is 11.6. The van der Waals surface area contributed by atoms with E-state index < -0.39 is 10.0 Å². The molecule has 0 aliphatic carbocycles. The molecule has 24 heavy (non-hydrogen) atoms. The van der Waals surface area contributed by atoms with E-state index in [0.717, 1.165) is 39.0 Å². The van der Waals surface area contributed by atoms with Crippen LogP contribution in [-0.4, -0.2) is 69.5 Å². The highest BCUT2D eigenvalue weighted by Crippen LogP contribution is 2.22. The largest absolute Gasteiger partial charge is 0.494 e. The summed E-state index contributed by atoms with van der Waals surface area (Å²) in [6, 6.07) is 7.33. The van der Waals surface area contributed by atoms with Crippen LogP contribution in [0.1, 0.15) is 19.8 Å². The minimum atomic E-state index is -3.41. The number of ether oxygens (including phenoxy) is 1. The van der Waals surface area contributed by atoms with Gasteiger partial charge in [0.1, 0.15) is 5.75 Å². The maximum absolute atomic E-state index is 12.8. The molecule has 0 bridgehead atoms. The van der Waals surface area contributed by atoms with E-state index >= 15 is 0 Å². The van der Waals surface area contributed by atoms with Crippen molar-refractivity contribution in [1.82, 2.24) is 14.5 Å². The summed E-state index contributed by atoms with van der Waals surface area (Å²) in [4.78, 5) is 2.76. The molecule has 0 aromatic heterocycles. The minimum Gasteiger partial charge on any atom is -0.494 e. The van der Waals surface area contributed by atoms with Crippen molar-refractivity contribution in [1.29, 1.82) is 0 Å². The van der Waals surface area contributed by atoms with Crippen LogP contribution >= 0.6 is 0 Å². The molecule has 134 valence electrons. The molecule has 1 aromatic carbocycles. The Kier molecular flexibility index (Phi) is 5.76. The molecule has 2 aliphatic rings. The van der Waals surface area contributed by atoms with Crippen molar-refractivity contribution in [2.45, 2.75) is 30.7 Å². The van der Waals surface area contributed by atoms with Gasteiger partial charge in [-0.3, -0.25) is 4.90 Å². The number of benzene rings is 1.